The van der Waals surface area contributed by atoms with Crippen LogP contribution in [0.25, 0.3) is 0 Å². The summed E-state index contributed by atoms with van der Waals surface area (Å²) in [5.41, 5.74) is 4.26. The quantitative estimate of drug-likeness (QED) is 0.550. The number of hydrazine groups is 1. The first-order valence-corrected chi connectivity index (χ1v) is 6.80. The first-order chi connectivity index (χ1) is 8.69. The third-order valence-electron chi connectivity index (χ3n) is 3.21. The third kappa shape index (κ3) is 4.77. The zero-order chi connectivity index (χ0) is 13.4. The summed E-state index contributed by atoms with van der Waals surface area (Å²) in [6.07, 6.45) is 2.18. The second kappa shape index (κ2) is 8.25. The average molecular weight is 250 g/mol. The van der Waals surface area contributed by atoms with Crippen molar-refractivity contribution in [2.75, 3.05) is 6.61 Å². The monoisotopic (exact) mass is 250 g/mol. The van der Waals surface area contributed by atoms with Crippen LogP contribution in [0.1, 0.15) is 32.8 Å². The molecule has 0 radical (unpaired) electrons. The highest BCUT2D eigenvalue weighted by atomic mass is 16.5. The summed E-state index contributed by atoms with van der Waals surface area (Å²) in [6, 6.07) is 10.7. The fourth-order valence-corrected chi connectivity index (χ4v) is 2.27. The second-order valence-corrected chi connectivity index (χ2v) is 4.96. The van der Waals surface area contributed by atoms with Crippen molar-refractivity contribution in [3.05, 3.63) is 35.9 Å². The van der Waals surface area contributed by atoms with Gasteiger partial charge in [0.15, 0.2) is 0 Å². The predicted molar refractivity (Wildman–Crippen MR) is 76.1 cm³/mol. The summed E-state index contributed by atoms with van der Waals surface area (Å²) < 4.78 is 5.80. The lowest BCUT2D eigenvalue weighted by Crippen LogP contribution is -2.47. The molecule has 3 nitrogen and oxygen atoms in total. The molecule has 102 valence electrons. The van der Waals surface area contributed by atoms with Gasteiger partial charge in [-0.2, -0.15) is 0 Å². The summed E-state index contributed by atoms with van der Waals surface area (Å²) in [6.45, 7) is 7.10. The fourth-order valence-electron chi connectivity index (χ4n) is 2.27. The Kier molecular flexibility index (Phi) is 6.94. The van der Waals surface area contributed by atoms with Crippen molar-refractivity contribution < 1.29 is 4.74 Å². The number of aryl methyl sites for hydroxylation is 1. The van der Waals surface area contributed by atoms with E-state index in [2.05, 4.69) is 43.5 Å². The van der Waals surface area contributed by atoms with Gasteiger partial charge in [0.25, 0.3) is 0 Å². The summed E-state index contributed by atoms with van der Waals surface area (Å²) in [5, 5.41) is 0. The van der Waals surface area contributed by atoms with E-state index in [1.807, 2.05) is 13.0 Å². The molecule has 2 atom stereocenters. The first kappa shape index (κ1) is 15.2. The zero-order valence-electron chi connectivity index (χ0n) is 11.7. The van der Waals surface area contributed by atoms with Crippen LogP contribution in [-0.4, -0.2) is 18.8 Å². The van der Waals surface area contributed by atoms with Crippen LogP contribution >= 0.6 is 0 Å². The van der Waals surface area contributed by atoms with Gasteiger partial charge >= 0.3 is 0 Å². The van der Waals surface area contributed by atoms with Crippen LogP contribution in [0, 0.1) is 5.92 Å². The van der Waals surface area contributed by atoms with E-state index in [1.165, 1.54) is 5.56 Å². The summed E-state index contributed by atoms with van der Waals surface area (Å²) in [4.78, 5) is 0. The topological polar surface area (TPSA) is 47.3 Å². The molecule has 1 aromatic carbocycles. The van der Waals surface area contributed by atoms with Crippen molar-refractivity contribution in [2.45, 2.75) is 45.8 Å². The van der Waals surface area contributed by atoms with E-state index in [0.29, 0.717) is 5.92 Å². The average Bonchev–Trinajstić information content (AvgIpc) is 2.39. The lowest BCUT2D eigenvalue weighted by atomic mass is 9.94. The molecule has 0 aliphatic heterocycles. The van der Waals surface area contributed by atoms with Gasteiger partial charge in [-0.15, -0.1) is 0 Å². The van der Waals surface area contributed by atoms with Crippen LogP contribution < -0.4 is 11.3 Å². The minimum absolute atomic E-state index is 0.170. The molecule has 0 spiro atoms. The van der Waals surface area contributed by atoms with Crippen molar-refractivity contribution >= 4 is 0 Å². The molecule has 0 aliphatic rings. The molecule has 2 unspecified atom stereocenters. The maximum Gasteiger partial charge on any atom is 0.0764 e. The molecule has 0 saturated carbocycles. The van der Waals surface area contributed by atoms with Gasteiger partial charge in [-0.1, -0.05) is 44.2 Å². The summed E-state index contributed by atoms with van der Waals surface area (Å²) in [7, 11) is 0. The number of rotatable bonds is 8. The van der Waals surface area contributed by atoms with Crippen molar-refractivity contribution in [2.24, 2.45) is 11.8 Å². The smallest absolute Gasteiger partial charge is 0.0764 e. The van der Waals surface area contributed by atoms with Gasteiger partial charge in [0, 0.05) is 12.6 Å². The predicted octanol–water partition coefficient (Wildman–Crippen LogP) is 2.51. The van der Waals surface area contributed by atoms with Gasteiger partial charge in [-0.3, -0.25) is 11.3 Å². The number of nitrogens with two attached hydrogens (primary N) is 1. The van der Waals surface area contributed by atoms with Crippen molar-refractivity contribution in [3.8, 4) is 0 Å². The minimum Gasteiger partial charge on any atom is -0.377 e. The summed E-state index contributed by atoms with van der Waals surface area (Å²) >= 11 is 0. The van der Waals surface area contributed by atoms with Gasteiger partial charge in [0.05, 0.1) is 6.10 Å². The maximum absolute atomic E-state index is 5.80. The van der Waals surface area contributed by atoms with E-state index in [0.717, 1.165) is 19.4 Å². The van der Waals surface area contributed by atoms with Gasteiger partial charge in [-0.05, 0) is 31.2 Å². The second-order valence-electron chi connectivity index (χ2n) is 4.96. The number of benzene rings is 1. The summed E-state index contributed by atoms with van der Waals surface area (Å²) in [5.74, 6) is 6.14. The molecular formula is C15H26N2O. The highest BCUT2D eigenvalue weighted by molar-refractivity contribution is 5.14. The molecule has 3 heteroatoms. The Bertz CT molecular complexity index is 314. The Morgan fingerprint density at radius 3 is 2.39 bits per heavy atom. The van der Waals surface area contributed by atoms with Crippen LogP contribution in [0.3, 0.4) is 0 Å². The van der Waals surface area contributed by atoms with Gasteiger partial charge < -0.3 is 4.74 Å². The zero-order valence-corrected chi connectivity index (χ0v) is 11.7. The van der Waals surface area contributed by atoms with E-state index in [9.17, 15) is 0 Å². The lowest BCUT2D eigenvalue weighted by Gasteiger charge is -2.29. The lowest BCUT2D eigenvalue weighted by molar-refractivity contribution is 0.00153. The van der Waals surface area contributed by atoms with Crippen LogP contribution in [0.4, 0.5) is 0 Å². The molecule has 0 aliphatic carbocycles. The molecular weight excluding hydrogens is 224 g/mol. The number of ether oxygens (including phenoxy) is 1. The van der Waals surface area contributed by atoms with Crippen LogP contribution in [-0.2, 0) is 11.2 Å². The molecule has 0 saturated heterocycles. The maximum atomic E-state index is 5.80. The van der Waals surface area contributed by atoms with Gasteiger partial charge in [0.1, 0.15) is 0 Å². The number of hydrogen-bond acceptors (Lipinski definition) is 3. The van der Waals surface area contributed by atoms with Crippen molar-refractivity contribution in [3.63, 3.8) is 0 Å². The van der Waals surface area contributed by atoms with E-state index >= 15 is 0 Å². The van der Waals surface area contributed by atoms with Crippen LogP contribution in [0.15, 0.2) is 30.3 Å². The normalized spacial score (nSPS) is 14.7. The van der Waals surface area contributed by atoms with Gasteiger partial charge in [-0.25, -0.2) is 0 Å². The fraction of sp³-hybridized carbons (Fsp3) is 0.600. The Labute approximate surface area is 111 Å². The number of hydrogen-bond donors (Lipinski definition) is 2. The van der Waals surface area contributed by atoms with E-state index in [-0.39, 0.29) is 12.1 Å². The van der Waals surface area contributed by atoms with E-state index in [1.54, 1.807) is 0 Å². The Morgan fingerprint density at radius 2 is 1.89 bits per heavy atom. The standard InChI is InChI=1S/C15H26N2O/c1-4-18-15(12(2)3)14(17-16)11-10-13-8-6-5-7-9-13/h5-9,12,14-15,17H,4,10-11,16H2,1-3H3. The van der Waals surface area contributed by atoms with E-state index < -0.39 is 0 Å². The van der Waals surface area contributed by atoms with E-state index in [4.69, 9.17) is 10.6 Å². The molecule has 0 heterocycles. The molecule has 18 heavy (non-hydrogen) atoms. The third-order valence-corrected chi connectivity index (χ3v) is 3.21. The molecule has 1 rings (SSSR count). The Hall–Kier alpha value is -0.900. The van der Waals surface area contributed by atoms with Crippen molar-refractivity contribution in [1.29, 1.82) is 0 Å². The van der Waals surface area contributed by atoms with Crippen LogP contribution in [0.5, 0.6) is 0 Å². The first-order valence-electron chi connectivity index (χ1n) is 6.80. The molecule has 0 aromatic heterocycles. The Morgan fingerprint density at radius 1 is 1.22 bits per heavy atom. The minimum atomic E-state index is 0.170. The molecule has 3 N–H and O–H groups in total. The van der Waals surface area contributed by atoms with Crippen molar-refractivity contribution in [1.82, 2.24) is 5.43 Å². The SMILES string of the molecule is CCOC(C(C)C)C(CCc1ccccc1)NN. The highest BCUT2D eigenvalue weighted by Crippen LogP contribution is 2.15. The molecule has 0 fully saturated rings. The molecule has 0 amide bonds. The number of nitrogens with one attached hydrogen (secondary N) is 1. The highest BCUT2D eigenvalue weighted by Gasteiger charge is 2.23. The van der Waals surface area contributed by atoms with Gasteiger partial charge in [0.2, 0.25) is 0 Å². The molecule has 1 aromatic rings. The largest absolute Gasteiger partial charge is 0.377 e. The Balaban J connectivity index is 2.54. The molecule has 0 bridgehead atoms. The van der Waals surface area contributed by atoms with Crippen LogP contribution in [0.2, 0.25) is 0 Å².